The smallest absolute Gasteiger partial charge is 0.331 e. The van der Waals surface area contributed by atoms with E-state index in [0.717, 1.165) is 15.8 Å². The number of rotatable bonds is 6. The van der Waals surface area contributed by atoms with E-state index < -0.39 is 0 Å². The van der Waals surface area contributed by atoms with Crippen LogP contribution in [-0.2, 0) is 16.1 Å². The van der Waals surface area contributed by atoms with E-state index in [2.05, 4.69) is 15.9 Å². The molecule has 0 atom stereocenters. The van der Waals surface area contributed by atoms with Gasteiger partial charge in [0.05, 0.1) is 0 Å². The molecular formula is C12H14BrNO2S. The molecule has 5 heteroatoms. The van der Waals surface area contributed by atoms with Crippen LogP contribution < -0.4 is 5.73 Å². The number of hydrogen-bond donors (Lipinski definition) is 1. The largest absolute Gasteiger partial charge is 0.458 e. The van der Waals surface area contributed by atoms with Crippen molar-refractivity contribution in [3.63, 3.8) is 0 Å². The van der Waals surface area contributed by atoms with Crippen molar-refractivity contribution >= 4 is 33.7 Å². The van der Waals surface area contributed by atoms with Crippen molar-refractivity contribution in [3.05, 3.63) is 45.8 Å². The summed E-state index contributed by atoms with van der Waals surface area (Å²) in [6.07, 6.45) is 1.42. The van der Waals surface area contributed by atoms with Gasteiger partial charge in [-0.05, 0) is 23.1 Å². The van der Waals surface area contributed by atoms with Gasteiger partial charge in [0.15, 0.2) is 0 Å². The van der Waals surface area contributed by atoms with Crippen molar-refractivity contribution in [3.8, 4) is 0 Å². The van der Waals surface area contributed by atoms with E-state index in [4.69, 9.17) is 10.5 Å². The molecule has 0 spiro atoms. The summed E-state index contributed by atoms with van der Waals surface area (Å²) < 4.78 is 6.07. The van der Waals surface area contributed by atoms with Crippen LogP contribution in [0.15, 0.2) is 40.2 Å². The Hall–Kier alpha value is -0.780. The quantitative estimate of drug-likeness (QED) is 0.498. The van der Waals surface area contributed by atoms with Crippen LogP contribution in [0.25, 0.3) is 0 Å². The van der Waals surface area contributed by atoms with Gasteiger partial charge >= 0.3 is 5.97 Å². The number of thioether (sulfide) groups is 1. The van der Waals surface area contributed by atoms with Gasteiger partial charge in [-0.2, -0.15) is 0 Å². The standard InChI is InChI=1S/C12H14BrNO2S/c13-11-3-1-10(2-4-11)9-16-12(15)5-7-17-8-6-14/h1-5,7H,6,8-9,14H2. The molecule has 0 saturated carbocycles. The van der Waals surface area contributed by atoms with E-state index in [0.29, 0.717) is 6.54 Å². The summed E-state index contributed by atoms with van der Waals surface area (Å²) in [7, 11) is 0. The van der Waals surface area contributed by atoms with Gasteiger partial charge in [-0.3, -0.25) is 0 Å². The first-order valence-corrected chi connectivity index (χ1v) is 6.96. The summed E-state index contributed by atoms with van der Waals surface area (Å²) >= 11 is 4.84. The van der Waals surface area contributed by atoms with Crippen molar-refractivity contribution in [2.75, 3.05) is 12.3 Å². The lowest BCUT2D eigenvalue weighted by atomic mass is 10.2. The number of benzene rings is 1. The molecule has 3 nitrogen and oxygen atoms in total. The fourth-order valence-electron chi connectivity index (χ4n) is 1.02. The Morgan fingerprint density at radius 2 is 2.12 bits per heavy atom. The van der Waals surface area contributed by atoms with Crippen LogP contribution in [0.4, 0.5) is 0 Å². The predicted octanol–water partition coefficient (Wildman–Crippen LogP) is 2.70. The Balaban J connectivity index is 2.28. The Morgan fingerprint density at radius 1 is 1.41 bits per heavy atom. The van der Waals surface area contributed by atoms with E-state index in [9.17, 15) is 4.79 Å². The van der Waals surface area contributed by atoms with Crippen LogP contribution in [-0.4, -0.2) is 18.3 Å². The van der Waals surface area contributed by atoms with Gasteiger partial charge in [0.25, 0.3) is 0 Å². The van der Waals surface area contributed by atoms with Gasteiger partial charge < -0.3 is 10.5 Å². The van der Waals surface area contributed by atoms with Crippen molar-refractivity contribution < 1.29 is 9.53 Å². The molecule has 0 fully saturated rings. The number of carbonyl (C=O) groups excluding carboxylic acids is 1. The minimum atomic E-state index is -0.336. The van der Waals surface area contributed by atoms with Gasteiger partial charge in [-0.25, -0.2) is 4.79 Å². The monoisotopic (exact) mass is 315 g/mol. The van der Waals surface area contributed by atoms with Crippen LogP contribution in [0.3, 0.4) is 0 Å². The van der Waals surface area contributed by atoms with Crippen molar-refractivity contribution in [1.29, 1.82) is 0 Å². The molecule has 2 N–H and O–H groups in total. The Morgan fingerprint density at radius 3 is 2.76 bits per heavy atom. The molecule has 92 valence electrons. The lowest BCUT2D eigenvalue weighted by Crippen LogP contribution is -2.01. The molecule has 0 saturated heterocycles. The van der Waals surface area contributed by atoms with Crippen LogP contribution in [0.1, 0.15) is 5.56 Å². The lowest BCUT2D eigenvalue weighted by Gasteiger charge is -2.02. The van der Waals surface area contributed by atoms with Gasteiger partial charge in [0.2, 0.25) is 0 Å². The molecule has 0 heterocycles. The molecule has 0 unspecified atom stereocenters. The molecule has 0 aliphatic rings. The summed E-state index contributed by atoms with van der Waals surface area (Å²) in [6.45, 7) is 0.890. The molecule has 1 rings (SSSR count). The zero-order valence-corrected chi connectivity index (χ0v) is 11.7. The van der Waals surface area contributed by atoms with Gasteiger partial charge in [0, 0.05) is 22.8 Å². The van der Waals surface area contributed by atoms with Crippen LogP contribution in [0.2, 0.25) is 0 Å². The number of carbonyl (C=O) groups is 1. The molecule has 1 aromatic carbocycles. The number of halogens is 1. The van der Waals surface area contributed by atoms with Crippen molar-refractivity contribution in [2.24, 2.45) is 5.73 Å². The first-order valence-electron chi connectivity index (χ1n) is 5.12. The fraction of sp³-hybridized carbons (Fsp3) is 0.250. The van der Waals surface area contributed by atoms with Gasteiger partial charge in [-0.15, -0.1) is 11.8 Å². The first kappa shape index (κ1) is 14.3. The van der Waals surface area contributed by atoms with E-state index in [1.54, 1.807) is 5.41 Å². The molecular weight excluding hydrogens is 302 g/mol. The van der Waals surface area contributed by atoms with E-state index in [1.807, 2.05) is 24.3 Å². The highest BCUT2D eigenvalue weighted by molar-refractivity contribution is 9.10. The number of esters is 1. The number of hydrogen-bond acceptors (Lipinski definition) is 4. The van der Waals surface area contributed by atoms with Gasteiger partial charge in [0.1, 0.15) is 6.61 Å². The summed E-state index contributed by atoms with van der Waals surface area (Å²) in [5.41, 5.74) is 6.28. The highest BCUT2D eigenvalue weighted by Crippen LogP contribution is 2.11. The predicted molar refractivity (Wildman–Crippen MR) is 74.6 cm³/mol. The molecule has 0 bridgehead atoms. The fourth-order valence-corrected chi connectivity index (χ4v) is 1.77. The van der Waals surface area contributed by atoms with E-state index in [-0.39, 0.29) is 12.6 Å². The van der Waals surface area contributed by atoms with Crippen LogP contribution in [0.5, 0.6) is 0 Å². The summed E-state index contributed by atoms with van der Waals surface area (Å²) in [5, 5.41) is 1.71. The summed E-state index contributed by atoms with van der Waals surface area (Å²) in [6, 6.07) is 7.64. The third-order valence-corrected chi connectivity index (χ3v) is 3.16. The molecule has 1 aromatic rings. The Kier molecular flexibility index (Phi) is 7.00. The highest BCUT2D eigenvalue weighted by Gasteiger charge is 1.98. The topological polar surface area (TPSA) is 52.3 Å². The average Bonchev–Trinajstić information content (AvgIpc) is 2.34. The molecule has 0 aliphatic heterocycles. The molecule has 17 heavy (non-hydrogen) atoms. The second-order valence-corrected chi connectivity index (χ2v) is 5.13. The molecule has 0 amide bonds. The zero-order valence-electron chi connectivity index (χ0n) is 9.27. The maximum absolute atomic E-state index is 11.3. The summed E-state index contributed by atoms with van der Waals surface area (Å²) in [4.78, 5) is 11.3. The summed E-state index contributed by atoms with van der Waals surface area (Å²) in [5.74, 6) is 0.466. The third-order valence-electron chi connectivity index (χ3n) is 1.83. The normalized spacial score (nSPS) is 10.7. The first-order chi connectivity index (χ1) is 8.22. The van der Waals surface area contributed by atoms with Crippen LogP contribution >= 0.6 is 27.7 Å². The molecule has 0 aliphatic carbocycles. The zero-order chi connectivity index (χ0) is 12.5. The van der Waals surface area contributed by atoms with Crippen LogP contribution in [0, 0.1) is 0 Å². The maximum Gasteiger partial charge on any atom is 0.331 e. The lowest BCUT2D eigenvalue weighted by molar-refractivity contribution is -0.138. The second kappa shape index (κ2) is 8.33. The number of ether oxygens (including phenoxy) is 1. The van der Waals surface area contributed by atoms with Gasteiger partial charge in [-0.1, -0.05) is 28.1 Å². The van der Waals surface area contributed by atoms with E-state index in [1.165, 1.54) is 17.8 Å². The number of nitrogens with two attached hydrogens (primary N) is 1. The van der Waals surface area contributed by atoms with Crippen molar-refractivity contribution in [1.82, 2.24) is 0 Å². The Labute approximate surface area is 114 Å². The average molecular weight is 316 g/mol. The van der Waals surface area contributed by atoms with E-state index >= 15 is 0 Å². The van der Waals surface area contributed by atoms with Crippen molar-refractivity contribution in [2.45, 2.75) is 6.61 Å². The molecule has 0 radical (unpaired) electrons. The minimum Gasteiger partial charge on any atom is -0.458 e. The Bertz CT molecular complexity index is 379. The maximum atomic E-state index is 11.3. The molecule has 0 aromatic heterocycles. The minimum absolute atomic E-state index is 0.290. The SMILES string of the molecule is NCCSC=CC(=O)OCc1ccc(Br)cc1. The highest BCUT2D eigenvalue weighted by atomic mass is 79.9. The third kappa shape index (κ3) is 6.51. The second-order valence-electron chi connectivity index (χ2n) is 3.20.